The molecule has 2 aliphatic rings. The molecule has 1 saturated carbocycles. The Kier molecular flexibility index (Phi) is 4.33. The Bertz CT molecular complexity index is 1030. The molecule has 1 aromatic carbocycles. The van der Waals surface area contributed by atoms with Crippen molar-refractivity contribution in [1.29, 1.82) is 0 Å². The lowest BCUT2D eigenvalue weighted by Crippen LogP contribution is -2.32. The van der Waals surface area contributed by atoms with Gasteiger partial charge in [0.05, 0.1) is 18.0 Å². The molecule has 4 rings (SSSR count). The van der Waals surface area contributed by atoms with Crippen LogP contribution in [0.1, 0.15) is 42.6 Å². The highest BCUT2D eigenvalue weighted by Crippen LogP contribution is 2.45. The number of fused-ring (bicyclic) bond motifs is 1. The standard InChI is InChI=1S/C20H24FN3O4/c1-20(9-22)5-6-23(10-20)16-14(21)7-12-15(18(16)28-2)24(11-3-4-11)8-13(17(12)25)19(26)27/h7-8,11H,3-6,9-10,22H2,1-2H3,(H,26,27). The summed E-state index contributed by atoms with van der Waals surface area (Å²) in [6.45, 7) is 3.78. The van der Waals surface area contributed by atoms with E-state index in [0.29, 0.717) is 30.8 Å². The third-order valence-corrected chi connectivity index (χ3v) is 5.94. The van der Waals surface area contributed by atoms with E-state index >= 15 is 4.39 Å². The number of pyridine rings is 1. The van der Waals surface area contributed by atoms with Crippen LogP contribution in [0.2, 0.25) is 0 Å². The number of halogens is 1. The maximum Gasteiger partial charge on any atom is 0.341 e. The van der Waals surface area contributed by atoms with E-state index in [9.17, 15) is 14.7 Å². The lowest BCUT2D eigenvalue weighted by atomic mass is 9.90. The average Bonchev–Trinajstić information content (AvgIpc) is 3.43. The summed E-state index contributed by atoms with van der Waals surface area (Å²) < 4.78 is 22.6. The molecule has 0 radical (unpaired) electrons. The summed E-state index contributed by atoms with van der Waals surface area (Å²) in [5.41, 5.74) is 5.49. The Balaban J connectivity index is 2.00. The monoisotopic (exact) mass is 389 g/mol. The highest BCUT2D eigenvalue weighted by Gasteiger charge is 2.37. The molecule has 1 atom stereocenters. The summed E-state index contributed by atoms with van der Waals surface area (Å²) >= 11 is 0. The Labute approximate surface area is 161 Å². The fraction of sp³-hybridized carbons (Fsp3) is 0.500. The average molecular weight is 389 g/mol. The van der Waals surface area contributed by atoms with E-state index in [1.165, 1.54) is 13.3 Å². The largest absolute Gasteiger partial charge is 0.492 e. The van der Waals surface area contributed by atoms with Crippen molar-refractivity contribution in [2.24, 2.45) is 11.1 Å². The lowest BCUT2D eigenvalue weighted by molar-refractivity contribution is 0.0695. The number of ether oxygens (including phenoxy) is 1. The minimum atomic E-state index is -1.32. The van der Waals surface area contributed by atoms with Crippen molar-refractivity contribution in [3.8, 4) is 5.75 Å². The molecule has 0 amide bonds. The fourth-order valence-electron chi connectivity index (χ4n) is 4.11. The van der Waals surface area contributed by atoms with Crippen molar-refractivity contribution >= 4 is 22.6 Å². The smallest absolute Gasteiger partial charge is 0.341 e. The van der Waals surface area contributed by atoms with Gasteiger partial charge in [-0.25, -0.2) is 9.18 Å². The molecule has 150 valence electrons. The topological polar surface area (TPSA) is 97.8 Å². The van der Waals surface area contributed by atoms with Gasteiger partial charge in [-0.3, -0.25) is 4.79 Å². The number of hydrogen-bond acceptors (Lipinski definition) is 5. The van der Waals surface area contributed by atoms with Crippen molar-refractivity contribution in [2.45, 2.75) is 32.2 Å². The number of benzene rings is 1. The van der Waals surface area contributed by atoms with Gasteiger partial charge in [-0.1, -0.05) is 6.92 Å². The van der Waals surface area contributed by atoms with Crippen molar-refractivity contribution in [2.75, 3.05) is 31.6 Å². The Hall–Kier alpha value is -2.61. The molecule has 1 aromatic heterocycles. The van der Waals surface area contributed by atoms with Gasteiger partial charge in [0.15, 0.2) is 11.6 Å². The van der Waals surface area contributed by atoms with E-state index in [2.05, 4.69) is 6.92 Å². The van der Waals surface area contributed by atoms with Crippen LogP contribution in [0.4, 0.5) is 10.1 Å². The number of carboxylic acids is 1. The molecule has 1 saturated heterocycles. The molecule has 1 unspecified atom stereocenters. The number of methoxy groups -OCH3 is 1. The fourth-order valence-corrected chi connectivity index (χ4v) is 4.11. The second-order valence-electron chi connectivity index (χ2n) is 8.14. The number of nitrogens with zero attached hydrogens (tertiary/aromatic N) is 2. The van der Waals surface area contributed by atoms with E-state index in [4.69, 9.17) is 10.5 Å². The number of rotatable bonds is 5. The summed E-state index contributed by atoms with van der Waals surface area (Å²) in [7, 11) is 1.45. The van der Waals surface area contributed by atoms with Gasteiger partial charge in [0.25, 0.3) is 0 Å². The first kappa shape index (κ1) is 18.7. The predicted octanol–water partition coefficient (Wildman–Crippen LogP) is 2.36. The number of aromatic nitrogens is 1. The normalized spacial score (nSPS) is 22.1. The van der Waals surface area contributed by atoms with Crippen molar-refractivity contribution in [3.63, 3.8) is 0 Å². The number of anilines is 1. The molecule has 0 spiro atoms. The molecule has 3 N–H and O–H groups in total. The van der Waals surface area contributed by atoms with Gasteiger partial charge in [-0.15, -0.1) is 0 Å². The van der Waals surface area contributed by atoms with Gasteiger partial charge in [-0.2, -0.15) is 0 Å². The summed E-state index contributed by atoms with van der Waals surface area (Å²) in [5, 5.41) is 9.43. The van der Waals surface area contributed by atoms with Gasteiger partial charge in [0.1, 0.15) is 11.3 Å². The van der Waals surface area contributed by atoms with E-state index in [-0.39, 0.29) is 28.2 Å². The summed E-state index contributed by atoms with van der Waals surface area (Å²) in [5.74, 6) is -1.63. The SMILES string of the molecule is COc1c(N2CCC(C)(CN)C2)c(F)cc2c(=O)c(C(=O)O)cn(C3CC3)c12. The molecular formula is C20H24FN3O4. The van der Waals surface area contributed by atoms with Gasteiger partial charge in [0, 0.05) is 25.3 Å². The van der Waals surface area contributed by atoms with Crippen LogP contribution in [0, 0.1) is 11.2 Å². The summed E-state index contributed by atoms with van der Waals surface area (Å²) in [6.07, 6.45) is 3.95. The predicted molar refractivity (Wildman–Crippen MR) is 104 cm³/mol. The first-order chi connectivity index (χ1) is 13.3. The third kappa shape index (κ3) is 2.83. The number of aromatic carboxylic acids is 1. The quantitative estimate of drug-likeness (QED) is 0.815. The Morgan fingerprint density at radius 2 is 2.18 bits per heavy atom. The maximum atomic E-state index is 15.2. The van der Waals surface area contributed by atoms with Crippen LogP contribution in [0.25, 0.3) is 10.9 Å². The summed E-state index contributed by atoms with van der Waals surface area (Å²) in [4.78, 5) is 26.2. The van der Waals surface area contributed by atoms with Crippen LogP contribution in [-0.2, 0) is 0 Å². The second-order valence-corrected chi connectivity index (χ2v) is 8.14. The molecule has 1 aliphatic heterocycles. The molecular weight excluding hydrogens is 365 g/mol. The van der Waals surface area contributed by atoms with E-state index < -0.39 is 17.2 Å². The van der Waals surface area contributed by atoms with Crippen molar-refractivity contribution < 1.29 is 19.0 Å². The van der Waals surface area contributed by atoms with Crippen LogP contribution in [0.5, 0.6) is 5.75 Å². The van der Waals surface area contributed by atoms with Gasteiger partial charge < -0.3 is 25.0 Å². The van der Waals surface area contributed by atoms with E-state index in [0.717, 1.165) is 25.3 Å². The van der Waals surface area contributed by atoms with Gasteiger partial charge in [-0.05, 0) is 37.3 Å². The zero-order valence-corrected chi connectivity index (χ0v) is 16.0. The van der Waals surface area contributed by atoms with Crippen LogP contribution in [0.3, 0.4) is 0 Å². The lowest BCUT2D eigenvalue weighted by Gasteiger charge is -2.27. The van der Waals surface area contributed by atoms with E-state index in [1.54, 1.807) is 4.57 Å². The first-order valence-corrected chi connectivity index (χ1v) is 9.43. The zero-order valence-electron chi connectivity index (χ0n) is 16.0. The molecule has 28 heavy (non-hydrogen) atoms. The molecule has 2 fully saturated rings. The van der Waals surface area contributed by atoms with Crippen LogP contribution in [0.15, 0.2) is 17.1 Å². The Morgan fingerprint density at radius 3 is 2.71 bits per heavy atom. The molecule has 1 aliphatic carbocycles. The van der Waals surface area contributed by atoms with Gasteiger partial charge in [0.2, 0.25) is 5.43 Å². The zero-order chi connectivity index (χ0) is 20.2. The van der Waals surface area contributed by atoms with E-state index in [1.807, 2.05) is 4.90 Å². The first-order valence-electron chi connectivity index (χ1n) is 9.43. The third-order valence-electron chi connectivity index (χ3n) is 5.94. The second kappa shape index (κ2) is 6.48. The minimum absolute atomic E-state index is 0.0330. The molecule has 2 heterocycles. The van der Waals surface area contributed by atoms with Crippen LogP contribution < -0.4 is 20.8 Å². The maximum absolute atomic E-state index is 15.2. The number of carbonyl (C=O) groups is 1. The number of nitrogens with two attached hydrogens (primary N) is 1. The molecule has 2 aromatic rings. The Morgan fingerprint density at radius 1 is 1.46 bits per heavy atom. The summed E-state index contributed by atoms with van der Waals surface area (Å²) in [6, 6.07) is 1.24. The van der Waals surface area contributed by atoms with Crippen molar-refractivity contribution in [1.82, 2.24) is 4.57 Å². The van der Waals surface area contributed by atoms with Crippen molar-refractivity contribution in [3.05, 3.63) is 33.9 Å². The van der Waals surface area contributed by atoms with Crippen LogP contribution in [-0.4, -0.2) is 42.4 Å². The molecule has 8 heteroatoms. The number of hydrogen-bond donors (Lipinski definition) is 2. The molecule has 7 nitrogen and oxygen atoms in total. The molecule has 0 bridgehead atoms. The minimum Gasteiger partial charge on any atom is -0.492 e. The number of carboxylic acid groups (broad SMARTS) is 1. The van der Waals surface area contributed by atoms with Crippen LogP contribution >= 0.6 is 0 Å². The highest BCUT2D eigenvalue weighted by molar-refractivity contribution is 5.97. The highest BCUT2D eigenvalue weighted by atomic mass is 19.1. The van der Waals surface area contributed by atoms with Gasteiger partial charge >= 0.3 is 5.97 Å².